The Morgan fingerprint density at radius 2 is 1.59 bits per heavy atom. The van der Waals surface area contributed by atoms with E-state index in [9.17, 15) is 5.11 Å². The van der Waals surface area contributed by atoms with Gasteiger partial charge in [0.05, 0.1) is 0 Å². The van der Waals surface area contributed by atoms with Gasteiger partial charge in [0.15, 0.2) is 0 Å². The first kappa shape index (κ1) is 19.9. The van der Waals surface area contributed by atoms with E-state index in [2.05, 4.69) is 70.9 Å². The third-order valence-electron chi connectivity index (χ3n) is 8.15. The molecule has 0 amide bonds. The minimum absolute atomic E-state index is 0.322. The fourth-order valence-electron chi connectivity index (χ4n) is 6.39. The van der Waals surface area contributed by atoms with E-state index < -0.39 is 0 Å². The molecule has 3 heteroatoms. The number of hydrogen-bond acceptors (Lipinski definition) is 3. The molecule has 2 heterocycles. The fourth-order valence-corrected chi connectivity index (χ4v) is 6.39. The molecular weight excluding hydrogens is 392 g/mol. The van der Waals surface area contributed by atoms with Gasteiger partial charge in [-0.2, -0.15) is 0 Å². The highest BCUT2D eigenvalue weighted by atomic mass is 16.3. The minimum Gasteiger partial charge on any atom is -0.508 e. The molecule has 2 N–H and O–H groups in total. The molecule has 3 aromatic rings. The van der Waals surface area contributed by atoms with Crippen molar-refractivity contribution in [1.29, 1.82) is 0 Å². The van der Waals surface area contributed by atoms with Crippen LogP contribution in [0.25, 0.3) is 0 Å². The second-order valence-corrected chi connectivity index (χ2v) is 10.1. The number of nitrogens with one attached hydrogen (secondary N) is 1. The highest BCUT2D eigenvalue weighted by molar-refractivity contribution is 5.54. The third kappa shape index (κ3) is 3.49. The zero-order chi connectivity index (χ0) is 21.5. The molecule has 164 valence electrons. The van der Waals surface area contributed by atoms with Crippen LogP contribution >= 0.6 is 0 Å². The Bertz CT molecular complexity index is 1080. The van der Waals surface area contributed by atoms with Crippen molar-refractivity contribution in [2.75, 3.05) is 31.1 Å². The van der Waals surface area contributed by atoms with Crippen molar-refractivity contribution in [3.05, 3.63) is 95.1 Å². The Morgan fingerprint density at radius 3 is 2.34 bits per heavy atom. The van der Waals surface area contributed by atoms with Crippen LogP contribution in [0.5, 0.6) is 5.75 Å². The number of aryl methyl sites for hydroxylation is 1. The molecule has 1 unspecified atom stereocenters. The summed E-state index contributed by atoms with van der Waals surface area (Å²) in [4.78, 5) is 2.55. The number of hydrogen-bond donors (Lipinski definition) is 2. The lowest BCUT2D eigenvalue weighted by Crippen LogP contribution is -2.60. The van der Waals surface area contributed by atoms with Gasteiger partial charge in [0.2, 0.25) is 0 Å². The van der Waals surface area contributed by atoms with Gasteiger partial charge in [-0.05, 0) is 91.2 Å². The number of rotatable bonds is 3. The van der Waals surface area contributed by atoms with E-state index in [1.54, 1.807) is 0 Å². The van der Waals surface area contributed by atoms with E-state index in [0.717, 1.165) is 12.8 Å². The van der Waals surface area contributed by atoms with Gasteiger partial charge in [0.1, 0.15) is 5.75 Å². The third-order valence-corrected chi connectivity index (χ3v) is 8.15. The number of phenolic OH excluding ortho intramolecular Hbond substituents is 1. The first-order valence-electron chi connectivity index (χ1n) is 12.1. The highest BCUT2D eigenvalue weighted by Crippen LogP contribution is 2.47. The minimum atomic E-state index is 0.322. The number of aromatic hydroxyl groups is 1. The average Bonchev–Trinajstić information content (AvgIpc) is 2.83. The number of phenols is 1. The molecule has 0 aromatic heterocycles. The quantitative estimate of drug-likeness (QED) is 0.587. The fraction of sp³-hybridized carbons (Fsp3) is 0.379. The summed E-state index contributed by atoms with van der Waals surface area (Å²) in [6.45, 7) is 4.74. The monoisotopic (exact) mass is 424 g/mol. The molecule has 2 aliphatic heterocycles. The van der Waals surface area contributed by atoms with Gasteiger partial charge in [-0.15, -0.1) is 0 Å². The number of anilines is 1. The second-order valence-electron chi connectivity index (χ2n) is 10.1. The predicted octanol–water partition coefficient (Wildman–Crippen LogP) is 5.44. The van der Waals surface area contributed by atoms with Crippen molar-refractivity contribution in [2.45, 2.75) is 37.5 Å². The molecule has 2 atom stereocenters. The first-order valence-corrected chi connectivity index (χ1v) is 12.1. The van der Waals surface area contributed by atoms with Gasteiger partial charge >= 0.3 is 0 Å². The van der Waals surface area contributed by atoms with E-state index >= 15 is 0 Å². The summed E-state index contributed by atoms with van der Waals surface area (Å²) in [5.74, 6) is 1.16. The van der Waals surface area contributed by atoms with Crippen LogP contribution in [0.1, 0.15) is 53.4 Å². The summed E-state index contributed by atoms with van der Waals surface area (Å²) in [6, 6.07) is 26.3. The molecule has 2 saturated heterocycles. The molecule has 32 heavy (non-hydrogen) atoms. The topological polar surface area (TPSA) is 35.5 Å². The van der Waals surface area contributed by atoms with Crippen LogP contribution in [0.3, 0.4) is 0 Å². The number of benzene rings is 3. The summed E-state index contributed by atoms with van der Waals surface area (Å²) < 4.78 is 0. The van der Waals surface area contributed by atoms with E-state index in [1.807, 2.05) is 12.1 Å². The summed E-state index contributed by atoms with van der Waals surface area (Å²) in [7, 11) is 0. The summed E-state index contributed by atoms with van der Waals surface area (Å²) >= 11 is 0. The van der Waals surface area contributed by atoms with Gasteiger partial charge < -0.3 is 15.3 Å². The van der Waals surface area contributed by atoms with Crippen LogP contribution in [-0.4, -0.2) is 31.3 Å². The summed E-state index contributed by atoms with van der Waals surface area (Å²) in [5, 5.41) is 13.6. The first-order chi connectivity index (χ1) is 15.7. The van der Waals surface area contributed by atoms with Crippen LogP contribution in [-0.2, 0) is 6.42 Å². The van der Waals surface area contributed by atoms with Gasteiger partial charge in [-0.1, -0.05) is 48.5 Å². The van der Waals surface area contributed by atoms with E-state index in [1.165, 1.54) is 67.0 Å². The second kappa shape index (κ2) is 7.97. The molecule has 3 aromatic carbocycles. The maximum Gasteiger partial charge on any atom is 0.115 e. The summed E-state index contributed by atoms with van der Waals surface area (Å²) in [5.41, 5.74) is 7.36. The van der Waals surface area contributed by atoms with Crippen molar-refractivity contribution in [2.24, 2.45) is 5.41 Å². The maximum atomic E-state index is 10.1. The molecule has 1 aliphatic carbocycles. The van der Waals surface area contributed by atoms with Gasteiger partial charge in [-0.25, -0.2) is 0 Å². The smallest absolute Gasteiger partial charge is 0.115 e. The normalized spacial score (nSPS) is 24.1. The van der Waals surface area contributed by atoms with Crippen LogP contribution in [0.2, 0.25) is 0 Å². The molecule has 0 saturated carbocycles. The largest absolute Gasteiger partial charge is 0.508 e. The van der Waals surface area contributed by atoms with Crippen molar-refractivity contribution in [3.8, 4) is 5.75 Å². The molecule has 0 bridgehead atoms. The molecule has 3 aliphatic rings. The Hall–Kier alpha value is -2.78. The van der Waals surface area contributed by atoms with Gasteiger partial charge in [0.25, 0.3) is 0 Å². The predicted molar refractivity (Wildman–Crippen MR) is 131 cm³/mol. The van der Waals surface area contributed by atoms with E-state index in [4.69, 9.17) is 0 Å². The lowest BCUT2D eigenvalue weighted by atomic mass is 9.69. The van der Waals surface area contributed by atoms with Crippen molar-refractivity contribution in [1.82, 2.24) is 5.32 Å². The van der Waals surface area contributed by atoms with E-state index in [-0.39, 0.29) is 0 Å². The van der Waals surface area contributed by atoms with E-state index in [0.29, 0.717) is 23.0 Å². The lowest BCUT2D eigenvalue weighted by Gasteiger charge is -2.53. The average molecular weight is 425 g/mol. The summed E-state index contributed by atoms with van der Waals surface area (Å²) in [6.07, 6.45) is 4.75. The highest BCUT2D eigenvalue weighted by Gasteiger charge is 2.43. The van der Waals surface area contributed by atoms with Crippen LogP contribution in [0, 0.1) is 5.41 Å². The Kier molecular flexibility index (Phi) is 4.95. The number of fused-ring (bicyclic) bond motifs is 1. The zero-order valence-corrected chi connectivity index (χ0v) is 18.6. The van der Waals surface area contributed by atoms with Crippen molar-refractivity contribution >= 4 is 5.69 Å². The SMILES string of the molecule is Oc1ccc2c(c1)CC[C@H](c1ccccc1)C2c1ccc(N2CC3(CCNCC3)C2)cc1. The molecule has 0 radical (unpaired) electrons. The lowest BCUT2D eigenvalue weighted by molar-refractivity contribution is 0.150. The van der Waals surface area contributed by atoms with Crippen LogP contribution < -0.4 is 10.2 Å². The van der Waals surface area contributed by atoms with Crippen molar-refractivity contribution < 1.29 is 5.11 Å². The molecule has 6 rings (SSSR count). The maximum absolute atomic E-state index is 10.1. The molecule has 2 fully saturated rings. The Labute approximate surface area is 191 Å². The number of nitrogens with zero attached hydrogens (tertiary/aromatic N) is 1. The Balaban J connectivity index is 1.30. The van der Waals surface area contributed by atoms with Crippen molar-refractivity contribution in [3.63, 3.8) is 0 Å². The standard InChI is InChI=1S/C29H32N2O/c32-25-11-13-27-23(18-25)8-12-26(21-4-2-1-3-5-21)28(27)22-6-9-24(10-7-22)31-19-29(20-31)14-16-30-17-15-29/h1-7,9-11,13,18,26,28,30,32H,8,12,14-17,19-20H2/t26-,28?/m1/s1. The molecular formula is C29H32N2O. The van der Waals surface area contributed by atoms with Crippen LogP contribution in [0.4, 0.5) is 5.69 Å². The van der Waals surface area contributed by atoms with Crippen LogP contribution in [0.15, 0.2) is 72.8 Å². The zero-order valence-electron chi connectivity index (χ0n) is 18.6. The molecule has 1 spiro atoms. The van der Waals surface area contributed by atoms with Gasteiger partial charge in [0, 0.05) is 30.1 Å². The van der Waals surface area contributed by atoms with Gasteiger partial charge in [-0.3, -0.25) is 0 Å². The number of piperidine rings is 1. The molecule has 3 nitrogen and oxygen atoms in total. The Morgan fingerprint density at radius 1 is 0.844 bits per heavy atom.